The van der Waals surface area contributed by atoms with E-state index in [4.69, 9.17) is 16.3 Å². The van der Waals surface area contributed by atoms with E-state index >= 15 is 0 Å². The molecule has 154 valence electrons. The largest absolute Gasteiger partial charge is 0.366 e. The van der Waals surface area contributed by atoms with Gasteiger partial charge >= 0.3 is 6.03 Å². The summed E-state index contributed by atoms with van der Waals surface area (Å²) in [5.41, 5.74) is 0.617. The summed E-state index contributed by atoms with van der Waals surface area (Å²) in [5, 5.41) is 3.24. The summed E-state index contributed by atoms with van der Waals surface area (Å²) in [4.78, 5) is 28.1. The molecule has 6 nitrogen and oxygen atoms in total. The Balaban J connectivity index is 1.30. The first-order valence-electron chi connectivity index (χ1n) is 9.91. The Kier molecular flexibility index (Phi) is 5.93. The van der Waals surface area contributed by atoms with Crippen LogP contribution in [-0.4, -0.2) is 66.7 Å². The number of fused-ring (bicyclic) bond motifs is 1. The molecule has 1 aromatic rings. The van der Waals surface area contributed by atoms with E-state index in [2.05, 4.69) is 17.2 Å². The Bertz CT molecular complexity index is 860. The van der Waals surface area contributed by atoms with Crippen LogP contribution in [0.2, 0.25) is 5.02 Å². The molecule has 0 radical (unpaired) electrons. The van der Waals surface area contributed by atoms with E-state index in [1.54, 1.807) is 11.0 Å². The van der Waals surface area contributed by atoms with Crippen LogP contribution in [0, 0.1) is 23.6 Å². The molecule has 0 saturated carbocycles. The molecule has 3 aliphatic heterocycles. The molecule has 0 bridgehead atoms. The molecule has 2 atom stereocenters. The van der Waals surface area contributed by atoms with E-state index in [1.807, 2.05) is 4.90 Å². The lowest BCUT2D eigenvalue weighted by molar-refractivity contribution is -0.139. The molecule has 0 aliphatic carbocycles. The third-order valence-electron chi connectivity index (χ3n) is 5.70. The summed E-state index contributed by atoms with van der Waals surface area (Å²) < 4.78 is 18.7. The van der Waals surface area contributed by atoms with Crippen molar-refractivity contribution in [3.8, 4) is 11.8 Å². The molecule has 1 N–H and O–H groups in total. The van der Waals surface area contributed by atoms with E-state index in [0.29, 0.717) is 36.8 Å². The smallest absolute Gasteiger partial charge is 0.320 e. The Labute approximate surface area is 174 Å². The van der Waals surface area contributed by atoms with Crippen LogP contribution in [0.3, 0.4) is 0 Å². The molecular formula is C21H23ClFN3O3. The monoisotopic (exact) mass is 419 g/mol. The van der Waals surface area contributed by atoms with E-state index in [1.165, 1.54) is 12.1 Å². The highest BCUT2D eigenvalue weighted by molar-refractivity contribution is 6.31. The van der Waals surface area contributed by atoms with Crippen molar-refractivity contribution in [1.82, 2.24) is 15.1 Å². The van der Waals surface area contributed by atoms with Gasteiger partial charge in [0.05, 0.1) is 17.2 Å². The van der Waals surface area contributed by atoms with Crippen molar-refractivity contribution in [3.05, 3.63) is 34.6 Å². The number of amides is 3. The van der Waals surface area contributed by atoms with Crippen LogP contribution in [-0.2, 0) is 9.53 Å². The third-order valence-corrected chi connectivity index (χ3v) is 6.02. The molecule has 3 aliphatic rings. The van der Waals surface area contributed by atoms with Gasteiger partial charge in [-0.3, -0.25) is 4.79 Å². The van der Waals surface area contributed by atoms with Crippen LogP contribution < -0.4 is 5.32 Å². The number of carbonyl (C=O) groups excluding carboxylic acids is 2. The molecule has 8 heteroatoms. The molecule has 0 unspecified atom stereocenters. The van der Waals surface area contributed by atoms with E-state index < -0.39 is 0 Å². The molecule has 29 heavy (non-hydrogen) atoms. The molecule has 3 saturated heterocycles. The number of halogens is 2. The number of benzene rings is 1. The lowest BCUT2D eigenvalue weighted by atomic mass is 9.97. The highest BCUT2D eigenvalue weighted by Crippen LogP contribution is 2.22. The van der Waals surface area contributed by atoms with Crippen LogP contribution in [0.25, 0.3) is 0 Å². The van der Waals surface area contributed by atoms with Gasteiger partial charge < -0.3 is 19.9 Å². The van der Waals surface area contributed by atoms with Crippen LogP contribution in [0.4, 0.5) is 9.18 Å². The lowest BCUT2D eigenvalue weighted by Crippen LogP contribution is -2.62. The number of urea groups is 1. The molecule has 3 amide bonds. The zero-order valence-corrected chi connectivity index (χ0v) is 16.8. The second-order valence-corrected chi connectivity index (χ2v) is 8.10. The predicted molar refractivity (Wildman–Crippen MR) is 106 cm³/mol. The summed E-state index contributed by atoms with van der Waals surface area (Å²) in [6.45, 7) is 2.51. The maximum atomic E-state index is 13.1. The first-order valence-corrected chi connectivity index (χ1v) is 10.3. The van der Waals surface area contributed by atoms with Crippen LogP contribution in [0.15, 0.2) is 18.2 Å². The van der Waals surface area contributed by atoms with Gasteiger partial charge in [-0.05, 0) is 37.5 Å². The van der Waals surface area contributed by atoms with Crippen molar-refractivity contribution >= 4 is 23.5 Å². The fourth-order valence-electron chi connectivity index (χ4n) is 4.06. The molecule has 3 fully saturated rings. The van der Waals surface area contributed by atoms with E-state index in [0.717, 1.165) is 19.3 Å². The number of carbonyl (C=O) groups is 2. The minimum atomic E-state index is -0.379. The number of likely N-dealkylation sites (tertiary alicyclic amines) is 2. The number of hydrogen-bond acceptors (Lipinski definition) is 3. The summed E-state index contributed by atoms with van der Waals surface area (Å²) in [6, 6.07) is 4.07. The highest BCUT2D eigenvalue weighted by Gasteiger charge is 2.37. The number of piperidine rings is 2. The Morgan fingerprint density at radius 3 is 2.72 bits per heavy atom. The number of nitrogens with zero attached hydrogens (tertiary/aromatic N) is 2. The molecule has 0 aromatic heterocycles. The van der Waals surface area contributed by atoms with Gasteiger partial charge in [-0.25, -0.2) is 9.18 Å². The minimum absolute atomic E-state index is 0.00366. The molecule has 3 heterocycles. The van der Waals surface area contributed by atoms with Gasteiger partial charge in [0.2, 0.25) is 5.91 Å². The minimum Gasteiger partial charge on any atom is -0.366 e. The fraction of sp³-hybridized carbons (Fsp3) is 0.524. The highest BCUT2D eigenvalue weighted by atomic mass is 35.5. The Morgan fingerprint density at radius 1 is 1.21 bits per heavy atom. The van der Waals surface area contributed by atoms with Gasteiger partial charge in [0.1, 0.15) is 12.4 Å². The first-order chi connectivity index (χ1) is 14.0. The van der Waals surface area contributed by atoms with Gasteiger partial charge in [-0.1, -0.05) is 23.4 Å². The van der Waals surface area contributed by atoms with Crippen molar-refractivity contribution in [3.63, 3.8) is 0 Å². The summed E-state index contributed by atoms with van der Waals surface area (Å²) in [7, 11) is 0. The number of morpholine rings is 1. The van der Waals surface area contributed by atoms with Crippen molar-refractivity contribution < 1.29 is 18.7 Å². The number of nitrogens with one attached hydrogen (secondary N) is 1. The second-order valence-electron chi connectivity index (χ2n) is 7.70. The van der Waals surface area contributed by atoms with Gasteiger partial charge in [0.25, 0.3) is 0 Å². The third kappa shape index (κ3) is 4.65. The normalized spacial score (nSPS) is 25.0. The van der Waals surface area contributed by atoms with Crippen LogP contribution >= 0.6 is 11.6 Å². The molecule has 4 rings (SSSR count). The summed E-state index contributed by atoms with van der Waals surface area (Å²) in [6.07, 6.45) is 2.31. The van der Waals surface area contributed by atoms with Crippen molar-refractivity contribution in [2.45, 2.75) is 31.4 Å². The topological polar surface area (TPSA) is 61.9 Å². The van der Waals surface area contributed by atoms with E-state index in [-0.39, 0.29) is 42.4 Å². The van der Waals surface area contributed by atoms with Gasteiger partial charge in [-0.2, -0.15) is 0 Å². The summed E-state index contributed by atoms with van der Waals surface area (Å²) in [5.74, 6) is 5.92. The Hall–Kier alpha value is -2.30. The standard InChI is InChI=1S/C21H23ClFN3O3/c22-17-11-16(23)4-3-15(17)2-1-14-5-8-25(9-6-14)21(28)26-10-7-19-18(12-26)24-20(27)13-29-19/h3-4,11,14,18-19H,5-10,12-13H2,(H,24,27)/t18-,19+/m1/s1. The zero-order valence-electron chi connectivity index (χ0n) is 16.0. The Morgan fingerprint density at radius 2 is 1.97 bits per heavy atom. The predicted octanol–water partition coefficient (Wildman–Crippen LogP) is 2.25. The molecular weight excluding hydrogens is 397 g/mol. The lowest BCUT2D eigenvalue weighted by Gasteiger charge is -2.43. The maximum absolute atomic E-state index is 13.1. The number of rotatable bonds is 0. The molecule has 1 aromatic carbocycles. The maximum Gasteiger partial charge on any atom is 0.320 e. The van der Waals surface area contributed by atoms with Gasteiger partial charge in [0, 0.05) is 37.7 Å². The molecule has 0 spiro atoms. The quantitative estimate of drug-likeness (QED) is 0.656. The first kappa shape index (κ1) is 20.0. The number of ether oxygens (including phenoxy) is 1. The zero-order chi connectivity index (χ0) is 20.4. The summed E-state index contributed by atoms with van der Waals surface area (Å²) >= 11 is 6.02. The van der Waals surface area contributed by atoms with Crippen molar-refractivity contribution in [2.75, 3.05) is 32.8 Å². The van der Waals surface area contributed by atoms with Crippen molar-refractivity contribution in [2.24, 2.45) is 5.92 Å². The van der Waals surface area contributed by atoms with Gasteiger partial charge in [-0.15, -0.1) is 0 Å². The average molecular weight is 420 g/mol. The average Bonchev–Trinajstić information content (AvgIpc) is 2.72. The van der Waals surface area contributed by atoms with E-state index in [9.17, 15) is 14.0 Å². The second kappa shape index (κ2) is 8.60. The SMILES string of the molecule is O=C1CO[C@H]2CCN(C(=O)N3CCC(C#Cc4ccc(F)cc4Cl)CC3)C[C@H]2N1. The van der Waals surface area contributed by atoms with Crippen molar-refractivity contribution in [1.29, 1.82) is 0 Å². The van der Waals surface area contributed by atoms with Gasteiger partial charge in [0.15, 0.2) is 0 Å². The number of hydrogen-bond donors (Lipinski definition) is 1. The van der Waals surface area contributed by atoms with Crippen LogP contribution in [0.5, 0.6) is 0 Å². The van der Waals surface area contributed by atoms with Crippen LogP contribution in [0.1, 0.15) is 24.8 Å². The fourth-order valence-corrected chi connectivity index (χ4v) is 4.27.